The number of benzene rings is 2. The Kier molecular flexibility index (Phi) is 5.03. The lowest BCUT2D eigenvalue weighted by Crippen LogP contribution is -2.32. The van der Waals surface area contributed by atoms with E-state index < -0.39 is 15.1 Å². The molecular weight excluding hydrogens is 376 g/mol. The first kappa shape index (κ1) is 18.3. The van der Waals surface area contributed by atoms with Crippen molar-refractivity contribution < 1.29 is 22.8 Å². The molecule has 3 rings (SSSR count). The van der Waals surface area contributed by atoms with E-state index in [4.69, 9.17) is 9.47 Å². The largest absolute Gasteiger partial charge is 0.496 e. The topological polar surface area (TPSA) is 132 Å². The van der Waals surface area contributed by atoms with E-state index in [-0.39, 0.29) is 35.2 Å². The van der Waals surface area contributed by atoms with Gasteiger partial charge in [0.25, 0.3) is 5.69 Å². The minimum Gasteiger partial charge on any atom is -0.496 e. The molecule has 1 aliphatic rings. The summed E-state index contributed by atoms with van der Waals surface area (Å²) in [5, 5.41) is 14.0. The van der Waals surface area contributed by atoms with Gasteiger partial charge in [-0.05, 0) is 5.56 Å². The van der Waals surface area contributed by atoms with Crippen molar-refractivity contribution in [2.24, 2.45) is 8.80 Å². The number of hydrogen-bond acceptors (Lipinski definition) is 7. The molecule has 2 aromatic carbocycles. The number of rotatable bonds is 5. The first-order valence-corrected chi connectivity index (χ1v) is 9.00. The van der Waals surface area contributed by atoms with Crippen LogP contribution in [0.3, 0.4) is 0 Å². The maximum Gasteiger partial charge on any atom is 0.368 e. The predicted molar refractivity (Wildman–Crippen MR) is 97.5 cm³/mol. The molecular formula is C16H14N4O6S. The molecule has 0 radical (unpaired) electrons. The highest BCUT2D eigenvalue weighted by atomic mass is 32.2. The summed E-state index contributed by atoms with van der Waals surface area (Å²) < 4.78 is 40.1. The molecule has 10 nitrogen and oxygen atoms in total. The van der Waals surface area contributed by atoms with Crippen LogP contribution in [0.5, 0.6) is 11.5 Å². The predicted octanol–water partition coefficient (Wildman–Crippen LogP) is 1.81. The lowest BCUT2D eigenvalue weighted by Gasteiger charge is -2.15. The van der Waals surface area contributed by atoms with Gasteiger partial charge in [-0.15, -0.1) is 4.40 Å². The summed E-state index contributed by atoms with van der Waals surface area (Å²) in [5.41, 5.74) is 0.834. The molecule has 0 spiro atoms. The molecule has 27 heavy (non-hydrogen) atoms. The molecule has 0 unspecified atom stereocenters. The van der Waals surface area contributed by atoms with Crippen LogP contribution in [0.2, 0.25) is 0 Å². The highest BCUT2D eigenvalue weighted by molar-refractivity contribution is 7.89. The van der Waals surface area contributed by atoms with Crippen LogP contribution >= 0.6 is 0 Å². The van der Waals surface area contributed by atoms with Crippen molar-refractivity contribution in [2.75, 3.05) is 7.11 Å². The van der Waals surface area contributed by atoms with E-state index in [9.17, 15) is 18.5 Å². The van der Waals surface area contributed by atoms with Crippen molar-refractivity contribution in [2.45, 2.75) is 6.42 Å². The Labute approximate surface area is 154 Å². The third kappa shape index (κ3) is 4.39. The lowest BCUT2D eigenvalue weighted by molar-refractivity contribution is -0.385. The molecule has 1 aliphatic heterocycles. The van der Waals surface area contributed by atoms with Gasteiger partial charge in [-0.3, -0.25) is 15.4 Å². The van der Waals surface area contributed by atoms with Crippen molar-refractivity contribution >= 4 is 28.3 Å². The summed E-state index contributed by atoms with van der Waals surface area (Å²) in [6, 6.07) is 11.4. The summed E-state index contributed by atoms with van der Waals surface area (Å²) in [7, 11) is -2.71. The molecule has 0 saturated carbocycles. The van der Waals surface area contributed by atoms with Gasteiger partial charge >= 0.3 is 16.2 Å². The van der Waals surface area contributed by atoms with Crippen LogP contribution in [0.4, 0.5) is 5.69 Å². The minimum absolute atomic E-state index is 0.0432. The Morgan fingerprint density at radius 2 is 1.96 bits per heavy atom. The van der Waals surface area contributed by atoms with Crippen LogP contribution in [0, 0.1) is 10.1 Å². The summed E-state index contributed by atoms with van der Waals surface area (Å²) in [5.74, 6) is 0.225. The van der Waals surface area contributed by atoms with Crippen LogP contribution in [0.1, 0.15) is 11.1 Å². The van der Waals surface area contributed by atoms with E-state index >= 15 is 0 Å². The van der Waals surface area contributed by atoms with Crippen LogP contribution in [0.15, 0.2) is 51.3 Å². The van der Waals surface area contributed by atoms with Gasteiger partial charge in [0.2, 0.25) is 0 Å². The van der Waals surface area contributed by atoms with Crippen LogP contribution in [-0.2, 0) is 16.6 Å². The Morgan fingerprint density at radius 3 is 2.59 bits per heavy atom. The summed E-state index contributed by atoms with van der Waals surface area (Å²) in [6.07, 6.45) is 1.09. The van der Waals surface area contributed by atoms with E-state index in [1.807, 2.05) is 18.2 Å². The zero-order valence-electron chi connectivity index (χ0n) is 14.0. The van der Waals surface area contributed by atoms with E-state index in [1.54, 1.807) is 12.1 Å². The van der Waals surface area contributed by atoms with Crippen LogP contribution in [0.25, 0.3) is 0 Å². The van der Waals surface area contributed by atoms with Gasteiger partial charge in [0.1, 0.15) is 17.8 Å². The van der Waals surface area contributed by atoms with Crippen molar-refractivity contribution in [3.05, 3.63) is 63.7 Å². The maximum atomic E-state index is 11.6. The van der Waals surface area contributed by atoms with Gasteiger partial charge in [0.05, 0.1) is 23.7 Å². The number of methoxy groups -OCH3 is 1. The second-order valence-corrected chi connectivity index (χ2v) is 6.66. The van der Waals surface area contributed by atoms with Gasteiger partial charge in [0, 0.05) is 12.5 Å². The van der Waals surface area contributed by atoms with E-state index in [0.717, 1.165) is 11.9 Å². The van der Waals surface area contributed by atoms with Crippen LogP contribution in [-0.4, -0.2) is 32.8 Å². The molecule has 0 amide bonds. The Morgan fingerprint density at radius 1 is 1.22 bits per heavy atom. The summed E-state index contributed by atoms with van der Waals surface area (Å²) in [4.78, 5) is 11.0. The fourth-order valence-corrected chi connectivity index (χ4v) is 2.94. The second-order valence-electron chi connectivity index (χ2n) is 5.37. The monoisotopic (exact) mass is 390 g/mol. The van der Waals surface area contributed by atoms with Gasteiger partial charge in [-0.2, -0.15) is 8.42 Å². The standard InChI is InChI=1S/C16H14N4O6S/c1-25-12-8-14(20(21)22)13(7-11-5-3-2-4-6-11)15(9-12)26-16-17-10-18-27(23,24)19-16/h2-6,8-10H,7H2,1H3,(H,17,18,19). The van der Waals surface area contributed by atoms with E-state index in [0.29, 0.717) is 0 Å². The zero-order valence-corrected chi connectivity index (χ0v) is 14.8. The number of nitro benzene ring substituents is 1. The van der Waals surface area contributed by atoms with E-state index in [2.05, 4.69) is 14.1 Å². The smallest absolute Gasteiger partial charge is 0.368 e. The van der Waals surface area contributed by atoms with Gasteiger partial charge in [-0.1, -0.05) is 34.7 Å². The highest BCUT2D eigenvalue weighted by Gasteiger charge is 2.24. The molecule has 140 valence electrons. The van der Waals surface area contributed by atoms with Crippen molar-refractivity contribution in [3.8, 4) is 11.5 Å². The molecule has 0 aliphatic carbocycles. The lowest BCUT2D eigenvalue weighted by atomic mass is 10.0. The molecule has 0 bridgehead atoms. The third-order valence-corrected chi connectivity index (χ3v) is 4.36. The zero-order chi connectivity index (χ0) is 19.4. The highest BCUT2D eigenvalue weighted by Crippen LogP contribution is 2.35. The van der Waals surface area contributed by atoms with E-state index in [1.165, 1.54) is 19.2 Å². The molecule has 0 aromatic heterocycles. The molecule has 1 heterocycles. The van der Waals surface area contributed by atoms with Gasteiger partial charge < -0.3 is 9.47 Å². The average Bonchev–Trinajstić information content (AvgIpc) is 2.62. The Hall–Kier alpha value is -3.47. The van der Waals surface area contributed by atoms with Crippen LogP contribution < -0.4 is 14.8 Å². The normalized spacial score (nSPS) is 14.8. The number of nitrogens with zero attached hydrogens (tertiary/aromatic N) is 3. The summed E-state index contributed by atoms with van der Waals surface area (Å²) in [6.45, 7) is 0. The molecule has 0 saturated heterocycles. The van der Waals surface area contributed by atoms with Crippen molar-refractivity contribution in [3.63, 3.8) is 0 Å². The number of amidine groups is 1. The summed E-state index contributed by atoms with van der Waals surface area (Å²) >= 11 is 0. The second kappa shape index (κ2) is 7.41. The number of ether oxygens (including phenoxy) is 2. The number of nitrogens with one attached hydrogen (secondary N) is 1. The fourth-order valence-electron chi connectivity index (χ4n) is 2.41. The maximum absolute atomic E-state index is 11.6. The molecule has 2 aromatic rings. The third-order valence-electron chi connectivity index (χ3n) is 3.59. The van der Waals surface area contributed by atoms with Gasteiger partial charge in [0.15, 0.2) is 0 Å². The molecule has 11 heteroatoms. The molecule has 0 atom stereocenters. The fraction of sp³-hybridized carbons (Fsp3) is 0.125. The minimum atomic E-state index is -4.06. The average molecular weight is 390 g/mol. The van der Waals surface area contributed by atoms with Crippen molar-refractivity contribution in [1.29, 1.82) is 0 Å². The Balaban J connectivity index is 2.08. The molecule has 1 N–H and O–H groups in total. The van der Waals surface area contributed by atoms with Gasteiger partial charge in [-0.25, -0.2) is 0 Å². The molecule has 0 fully saturated rings. The SMILES string of the molecule is COc1cc(OC2=NS(=O)(=O)N=CN2)c(Cc2ccccc2)c([N+](=O)[O-])c1. The Bertz CT molecular complexity index is 1030. The number of nitro groups is 1. The van der Waals surface area contributed by atoms with Crippen molar-refractivity contribution in [1.82, 2.24) is 5.32 Å². The number of hydrogen-bond donors (Lipinski definition) is 1. The first-order valence-electron chi connectivity index (χ1n) is 7.60. The quantitative estimate of drug-likeness (QED) is 0.608. The first-order chi connectivity index (χ1) is 12.9.